The number of carbonyl (C=O) groups excluding carboxylic acids is 1. The molecule has 29 heavy (non-hydrogen) atoms. The van der Waals surface area contributed by atoms with Gasteiger partial charge in [0, 0.05) is 67.4 Å². The molecule has 0 fully saturated rings. The Morgan fingerprint density at radius 1 is 1.24 bits per heavy atom. The number of nitrogens with two attached hydrogens (primary N) is 1. The van der Waals surface area contributed by atoms with E-state index >= 15 is 0 Å². The zero-order chi connectivity index (χ0) is 20.4. The standard InChI is InChI=1S/C24H30N4O/c1-17-5-6-23-22(12-17)21-7-10-27(2)11-8-24(21)28(23)16-19(13-20(29)14-25)18-4-3-9-26-15-18/h3-6,9,12,15,19H,7-8,10-11,13-14,16,25H2,1-2H3. The largest absolute Gasteiger partial charge is 0.344 e. The lowest BCUT2D eigenvalue weighted by atomic mass is 9.94. The van der Waals surface area contributed by atoms with Crippen molar-refractivity contribution in [2.24, 2.45) is 5.73 Å². The number of hydrogen-bond acceptors (Lipinski definition) is 4. The molecule has 1 unspecified atom stereocenters. The number of carbonyl (C=O) groups is 1. The minimum Gasteiger partial charge on any atom is -0.344 e. The van der Waals surface area contributed by atoms with Crippen LogP contribution in [0, 0.1) is 6.92 Å². The minimum atomic E-state index is 0.0711. The molecule has 0 radical (unpaired) electrons. The van der Waals surface area contributed by atoms with E-state index in [2.05, 4.69) is 52.7 Å². The predicted molar refractivity (Wildman–Crippen MR) is 117 cm³/mol. The van der Waals surface area contributed by atoms with E-state index in [0.717, 1.165) is 38.0 Å². The quantitative estimate of drug-likeness (QED) is 0.703. The molecule has 152 valence electrons. The van der Waals surface area contributed by atoms with Crippen molar-refractivity contribution < 1.29 is 4.79 Å². The Kier molecular flexibility index (Phi) is 5.79. The van der Waals surface area contributed by atoms with Crippen molar-refractivity contribution in [1.29, 1.82) is 0 Å². The van der Waals surface area contributed by atoms with Crippen molar-refractivity contribution in [2.75, 3.05) is 26.7 Å². The Morgan fingerprint density at radius 3 is 2.83 bits per heavy atom. The Labute approximate surface area is 172 Å². The van der Waals surface area contributed by atoms with Crippen molar-refractivity contribution in [2.45, 2.75) is 38.6 Å². The van der Waals surface area contributed by atoms with E-state index in [-0.39, 0.29) is 18.2 Å². The fraction of sp³-hybridized carbons (Fsp3) is 0.417. The first-order valence-electron chi connectivity index (χ1n) is 10.5. The molecular weight excluding hydrogens is 360 g/mol. The number of Topliss-reactive ketones (excluding diaryl/α,β-unsaturated/α-hetero) is 1. The summed E-state index contributed by atoms with van der Waals surface area (Å²) in [5, 5.41) is 1.37. The van der Waals surface area contributed by atoms with Gasteiger partial charge in [-0.05, 0) is 49.7 Å². The maximum Gasteiger partial charge on any atom is 0.147 e. The Bertz CT molecular complexity index is 1010. The number of pyridine rings is 1. The van der Waals surface area contributed by atoms with Crippen molar-refractivity contribution in [3.63, 3.8) is 0 Å². The van der Waals surface area contributed by atoms with E-state index in [1.54, 1.807) is 6.20 Å². The molecule has 5 nitrogen and oxygen atoms in total. The molecule has 3 heterocycles. The molecule has 1 aliphatic heterocycles. The number of fused-ring (bicyclic) bond motifs is 3. The normalized spacial score (nSPS) is 15.8. The highest BCUT2D eigenvalue weighted by atomic mass is 16.1. The van der Waals surface area contributed by atoms with Crippen LogP contribution in [-0.4, -0.2) is 46.9 Å². The molecule has 5 heteroatoms. The molecule has 0 saturated carbocycles. The molecule has 1 aromatic carbocycles. The van der Waals surface area contributed by atoms with Crippen LogP contribution in [0.15, 0.2) is 42.7 Å². The van der Waals surface area contributed by atoms with E-state index in [1.165, 1.54) is 27.7 Å². The van der Waals surface area contributed by atoms with Gasteiger partial charge in [0.25, 0.3) is 0 Å². The Hall–Kier alpha value is -2.50. The molecular formula is C24H30N4O. The predicted octanol–water partition coefficient (Wildman–Crippen LogP) is 3.08. The Balaban J connectivity index is 1.80. The second kappa shape index (κ2) is 8.47. The van der Waals surface area contributed by atoms with Crippen LogP contribution in [0.4, 0.5) is 0 Å². The lowest BCUT2D eigenvalue weighted by molar-refractivity contribution is -0.118. The number of benzene rings is 1. The van der Waals surface area contributed by atoms with Crippen molar-refractivity contribution in [3.05, 3.63) is 65.1 Å². The van der Waals surface area contributed by atoms with Crippen LogP contribution in [0.2, 0.25) is 0 Å². The summed E-state index contributed by atoms with van der Waals surface area (Å²) in [6.07, 6.45) is 6.21. The van der Waals surface area contributed by atoms with Gasteiger partial charge in [0.2, 0.25) is 0 Å². The molecule has 0 spiro atoms. The van der Waals surface area contributed by atoms with E-state index in [4.69, 9.17) is 5.73 Å². The van der Waals surface area contributed by atoms with Gasteiger partial charge >= 0.3 is 0 Å². The lowest BCUT2D eigenvalue weighted by Gasteiger charge is -2.20. The second-order valence-electron chi connectivity index (χ2n) is 8.29. The van der Waals surface area contributed by atoms with Gasteiger partial charge in [-0.25, -0.2) is 0 Å². The molecule has 2 N–H and O–H groups in total. The van der Waals surface area contributed by atoms with Gasteiger partial charge in [-0.3, -0.25) is 9.78 Å². The molecule has 1 atom stereocenters. The van der Waals surface area contributed by atoms with Gasteiger partial charge in [0.05, 0.1) is 6.54 Å². The lowest BCUT2D eigenvalue weighted by Crippen LogP contribution is -2.22. The monoisotopic (exact) mass is 390 g/mol. The topological polar surface area (TPSA) is 64.1 Å². The summed E-state index contributed by atoms with van der Waals surface area (Å²) in [6.45, 7) is 5.16. The number of ketones is 1. The van der Waals surface area contributed by atoms with Crippen molar-refractivity contribution >= 4 is 16.7 Å². The van der Waals surface area contributed by atoms with Crippen LogP contribution in [0.1, 0.15) is 34.7 Å². The first-order valence-corrected chi connectivity index (χ1v) is 10.5. The molecule has 1 aliphatic rings. The minimum absolute atomic E-state index is 0.0711. The van der Waals surface area contributed by atoms with Gasteiger partial charge in [-0.2, -0.15) is 0 Å². The summed E-state index contributed by atoms with van der Waals surface area (Å²) < 4.78 is 2.46. The van der Waals surface area contributed by atoms with Gasteiger partial charge in [0.1, 0.15) is 5.78 Å². The van der Waals surface area contributed by atoms with Crippen molar-refractivity contribution in [1.82, 2.24) is 14.5 Å². The maximum atomic E-state index is 12.3. The van der Waals surface area contributed by atoms with Crippen LogP contribution >= 0.6 is 0 Å². The molecule has 4 rings (SSSR count). The van der Waals surface area contributed by atoms with Gasteiger partial charge < -0.3 is 15.2 Å². The third kappa shape index (κ3) is 4.11. The highest BCUT2D eigenvalue weighted by molar-refractivity contribution is 5.86. The number of likely N-dealkylation sites (N-methyl/N-ethyl adjacent to an activating group) is 1. The van der Waals surface area contributed by atoms with Gasteiger partial charge in [-0.1, -0.05) is 17.7 Å². The summed E-state index contributed by atoms with van der Waals surface area (Å²) in [5.74, 6) is 0.165. The van der Waals surface area contributed by atoms with E-state index < -0.39 is 0 Å². The van der Waals surface area contributed by atoms with Crippen LogP contribution in [-0.2, 0) is 24.2 Å². The third-order valence-corrected chi connectivity index (χ3v) is 6.18. The number of nitrogens with zero attached hydrogens (tertiary/aromatic N) is 3. The van der Waals surface area contributed by atoms with E-state index in [1.807, 2.05) is 12.3 Å². The zero-order valence-corrected chi connectivity index (χ0v) is 17.4. The summed E-state index contributed by atoms with van der Waals surface area (Å²) in [4.78, 5) is 19.0. The average molecular weight is 391 g/mol. The van der Waals surface area contributed by atoms with Crippen LogP contribution in [0.3, 0.4) is 0 Å². The molecule has 0 aliphatic carbocycles. The van der Waals surface area contributed by atoms with E-state index in [0.29, 0.717) is 6.42 Å². The zero-order valence-electron chi connectivity index (χ0n) is 17.4. The number of aromatic nitrogens is 2. The molecule has 0 amide bonds. The third-order valence-electron chi connectivity index (χ3n) is 6.18. The van der Waals surface area contributed by atoms with Crippen LogP contribution < -0.4 is 5.73 Å². The summed E-state index contributed by atoms with van der Waals surface area (Å²) >= 11 is 0. The smallest absolute Gasteiger partial charge is 0.147 e. The number of aryl methyl sites for hydroxylation is 1. The van der Waals surface area contributed by atoms with Crippen molar-refractivity contribution in [3.8, 4) is 0 Å². The highest BCUT2D eigenvalue weighted by Crippen LogP contribution is 2.33. The first-order chi connectivity index (χ1) is 14.1. The fourth-order valence-electron chi connectivity index (χ4n) is 4.56. The van der Waals surface area contributed by atoms with Crippen LogP contribution in [0.5, 0.6) is 0 Å². The molecule has 2 aromatic heterocycles. The average Bonchev–Trinajstić information content (AvgIpc) is 2.87. The summed E-state index contributed by atoms with van der Waals surface area (Å²) in [6, 6.07) is 10.8. The maximum absolute atomic E-state index is 12.3. The Morgan fingerprint density at radius 2 is 2.07 bits per heavy atom. The molecule has 0 saturated heterocycles. The number of rotatable bonds is 6. The van der Waals surface area contributed by atoms with Gasteiger partial charge in [-0.15, -0.1) is 0 Å². The number of hydrogen-bond donors (Lipinski definition) is 1. The second-order valence-corrected chi connectivity index (χ2v) is 8.29. The highest BCUT2D eigenvalue weighted by Gasteiger charge is 2.24. The molecule has 3 aromatic rings. The van der Waals surface area contributed by atoms with E-state index in [9.17, 15) is 4.79 Å². The molecule has 0 bridgehead atoms. The van der Waals surface area contributed by atoms with Gasteiger partial charge in [0.15, 0.2) is 0 Å². The van der Waals surface area contributed by atoms with Crippen LogP contribution in [0.25, 0.3) is 10.9 Å². The summed E-state index contributed by atoms with van der Waals surface area (Å²) in [5.41, 5.74) is 12.2. The fourth-order valence-corrected chi connectivity index (χ4v) is 4.56. The summed E-state index contributed by atoms with van der Waals surface area (Å²) in [7, 11) is 2.20. The SMILES string of the molecule is Cc1ccc2c(c1)c1c(n2CC(CC(=O)CN)c2cccnc2)CCN(C)CC1. The first kappa shape index (κ1) is 19.8.